The van der Waals surface area contributed by atoms with Crippen LogP contribution in [0.4, 0.5) is 0 Å². The summed E-state index contributed by atoms with van der Waals surface area (Å²) in [4.78, 5) is 54.2. The van der Waals surface area contributed by atoms with Gasteiger partial charge in [-0.2, -0.15) is 12.6 Å². The van der Waals surface area contributed by atoms with Crippen LogP contribution >= 0.6 is 12.6 Å². The number of carbonyl (C=O) groups excluding carboxylic acids is 3. The van der Waals surface area contributed by atoms with E-state index in [9.17, 15) is 24.3 Å². The predicted octanol–water partition coefficient (Wildman–Crippen LogP) is 1.60. The largest absolute Gasteiger partial charge is 0.480 e. The fraction of sp³-hybridized carbons (Fsp3) is 0.538. The Morgan fingerprint density at radius 3 is 2.14 bits per heavy atom. The number of aliphatic carboxylic acids is 1. The van der Waals surface area contributed by atoms with Gasteiger partial charge in [-0.15, -0.1) is 0 Å². The van der Waals surface area contributed by atoms with Gasteiger partial charge in [-0.25, -0.2) is 4.79 Å². The summed E-state index contributed by atoms with van der Waals surface area (Å²) in [6.45, 7) is 7.26. The van der Waals surface area contributed by atoms with Crippen LogP contribution in [0.25, 0.3) is 10.9 Å². The Bertz CT molecular complexity index is 1090. The summed E-state index contributed by atoms with van der Waals surface area (Å²) in [6.07, 6.45) is 3.05. The van der Waals surface area contributed by atoms with E-state index in [0.29, 0.717) is 12.8 Å². The summed E-state index contributed by atoms with van der Waals surface area (Å²) in [5.41, 5.74) is 7.52. The third kappa shape index (κ3) is 7.96. The topological polar surface area (TPSA) is 166 Å². The van der Waals surface area contributed by atoms with Crippen LogP contribution in [0, 0.1) is 11.8 Å². The lowest BCUT2D eigenvalue weighted by Gasteiger charge is -2.29. The first-order valence-corrected chi connectivity index (χ1v) is 13.2. The highest BCUT2D eigenvalue weighted by atomic mass is 32.1. The molecule has 2 rings (SSSR count). The van der Waals surface area contributed by atoms with Crippen LogP contribution in [-0.2, 0) is 25.6 Å². The minimum absolute atomic E-state index is 0.0946. The first-order valence-electron chi connectivity index (χ1n) is 12.6. The maximum Gasteiger partial charge on any atom is 0.326 e. The number of benzene rings is 1. The van der Waals surface area contributed by atoms with Gasteiger partial charge in [0.2, 0.25) is 17.7 Å². The molecule has 0 saturated heterocycles. The highest BCUT2D eigenvalue weighted by Crippen LogP contribution is 2.20. The molecule has 7 N–H and O–H groups in total. The minimum Gasteiger partial charge on any atom is -0.480 e. The Balaban J connectivity index is 2.32. The number of fused-ring (bicyclic) bond motifs is 1. The summed E-state index contributed by atoms with van der Waals surface area (Å²) in [7, 11) is 0. The second-order valence-electron chi connectivity index (χ2n) is 9.50. The number of aromatic nitrogens is 1. The summed E-state index contributed by atoms with van der Waals surface area (Å²) >= 11 is 4.07. The molecule has 2 aromatic rings. The van der Waals surface area contributed by atoms with Gasteiger partial charge >= 0.3 is 5.97 Å². The number of thiol groups is 1. The van der Waals surface area contributed by atoms with E-state index in [1.807, 2.05) is 38.1 Å². The number of carboxylic acids is 1. The van der Waals surface area contributed by atoms with Crippen molar-refractivity contribution >= 4 is 47.2 Å². The number of nitrogens with one attached hydrogen (secondary N) is 4. The number of hydrogen-bond donors (Lipinski definition) is 7. The van der Waals surface area contributed by atoms with E-state index in [0.717, 1.165) is 16.5 Å². The lowest BCUT2D eigenvalue weighted by atomic mass is 9.94. The SMILES string of the molecule is CCC(C)C(NC(=O)C(NC(=O)C(Cc1c[nH]c2ccccc12)NC(=O)C(N)CS)C(C)CC)C(=O)O. The maximum atomic E-state index is 13.5. The number of amides is 3. The van der Waals surface area contributed by atoms with Gasteiger partial charge in [-0.3, -0.25) is 14.4 Å². The van der Waals surface area contributed by atoms with Crippen LogP contribution in [0.5, 0.6) is 0 Å². The molecule has 37 heavy (non-hydrogen) atoms. The van der Waals surface area contributed by atoms with E-state index in [1.165, 1.54) is 0 Å². The van der Waals surface area contributed by atoms with E-state index in [2.05, 4.69) is 33.6 Å². The molecule has 0 aliphatic carbocycles. The van der Waals surface area contributed by atoms with Crippen molar-refractivity contribution in [2.24, 2.45) is 17.6 Å². The van der Waals surface area contributed by atoms with Crippen LogP contribution in [0.15, 0.2) is 30.5 Å². The number of carbonyl (C=O) groups is 4. The molecule has 11 heteroatoms. The molecule has 1 heterocycles. The molecule has 0 bridgehead atoms. The number of carboxylic acid groups (broad SMARTS) is 1. The molecule has 3 amide bonds. The van der Waals surface area contributed by atoms with Gasteiger partial charge in [0.15, 0.2) is 0 Å². The molecular weight excluding hydrogens is 494 g/mol. The second-order valence-corrected chi connectivity index (χ2v) is 9.86. The van der Waals surface area contributed by atoms with Crippen LogP contribution < -0.4 is 21.7 Å². The normalized spacial score (nSPS) is 16.2. The summed E-state index contributed by atoms with van der Waals surface area (Å²) in [5.74, 6) is -3.33. The average Bonchev–Trinajstić information content (AvgIpc) is 3.30. The second kappa shape index (κ2) is 14.0. The molecule has 0 aliphatic heterocycles. The van der Waals surface area contributed by atoms with Crippen molar-refractivity contribution in [2.75, 3.05) is 5.75 Å². The average molecular weight is 534 g/mol. The number of rotatable bonds is 14. The Hall–Kier alpha value is -3.05. The van der Waals surface area contributed by atoms with Crippen LogP contribution in [0.1, 0.15) is 46.1 Å². The van der Waals surface area contributed by atoms with E-state index >= 15 is 0 Å². The molecule has 204 valence electrons. The molecule has 0 aliphatic rings. The molecule has 10 nitrogen and oxygen atoms in total. The van der Waals surface area contributed by atoms with Gasteiger partial charge in [-0.1, -0.05) is 58.7 Å². The van der Waals surface area contributed by atoms with Crippen molar-refractivity contribution in [3.63, 3.8) is 0 Å². The third-order valence-corrected chi connectivity index (χ3v) is 7.23. The monoisotopic (exact) mass is 533 g/mol. The van der Waals surface area contributed by atoms with Crippen molar-refractivity contribution in [1.82, 2.24) is 20.9 Å². The molecule has 0 spiro atoms. The standard InChI is InChI=1S/C26H39N5O5S/c1-5-14(3)21(25(34)31-22(26(35)36)15(4)6-2)30-24(33)20(29-23(32)18(27)13-37)11-16-12-28-19-10-8-7-9-17(16)19/h7-10,12,14-15,18,20-22,28,37H,5-6,11,13,27H2,1-4H3,(H,29,32)(H,30,33)(H,31,34)(H,35,36). The highest BCUT2D eigenvalue weighted by molar-refractivity contribution is 7.80. The first kappa shape index (κ1) is 30.2. The van der Waals surface area contributed by atoms with Gasteiger partial charge in [-0.05, 0) is 23.5 Å². The third-order valence-electron chi connectivity index (χ3n) is 6.84. The molecular formula is C26H39N5O5S. The maximum absolute atomic E-state index is 13.5. The van der Waals surface area contributed by atoms with E-state index < -0.39 is 47.9 Å². The predicted molar refractivity (Wildman–Crippen MR) is 146 cm³/mol. The number of nitrogens with two attached hydrogens (primary N) is 1. The lowest BCUT2D eigenvalue weighted by molar-refractivity contribution is -0.144. The first-order chi connectivity index (χ1) is 17.5. The fourth-order valence-corrected chi connectivity index (χ4v) is 4.14. The van der Waals surface area contributed by atoms with E-state index in [4.69, 9.17) is 5.73 Å². The van der Waals surface area contributed by atoms with Crippen molar-refractivity contribution in [1.29, 1.82) is 0 Å². The van der Waals surface area contributed by atoms with Crippen LogP contribution in [0.3, 0.4) is 0 Å². The molecule has 0 radical (unpaired) electrons. The Morgan fingerprint density at radius 2 is 1.54 bits per heavy atom. The Labute approximate surface area is 222 Å². The van der Waals surface area contributed by atoms with Gasteiger partial charge < -0.3 is 31.8 Å². The lowest BCUT2D eigenvalue weighted by Crippen LogP contribution is -2.59. The van der Waals surface area contributed by atoms with Gasteiger partial charge in [0.05, 0.1) is 6.04 Å². The Kier molecular flexibility index (Phi) is 11.4. The summed E-state index contributed by atoms with van der Waals surface area (Å²) < 4.78 is 0. The zero-order valence-corrected chi connectivity index (χ0v) is 22.7. The Morgan fingerprint density at radius 1 is 0.946 bits per heavy atom. The van der Waals surface area contributed by atoms with E-state index in [-0.39, 0.29) is 24.0 Å². The smallest absolute Gasteiger partial charge is 0.326 e. The highest BCUT2D eigenvalue weighted by Gasteiger charge is 2.34. The number of para-hydroxylation sites is 1. The number of hydrogen-bond acceptors (Lipinski definition) is 6. The van der Waals surface area contributed by atoms with Crippen LogP contribution in [0.2, 0.25) is 0 Å². The van der Waals surface area contributed by atoms with Gasteiger partial charge in [0.25, 0.3) is 0 Å². The quantitative estimate of drug-likeness (QED) is 0.182. The number of H-pyrrole nitrogens is 1. The zero-order chi connectivity index (χ0) is 27.7. The summed E-state index contributed by atoms with van der Waals surface area (Å²) in [5, 5.41) is 18.6. The molecule has 6 atom stereocenters. The zero-order valence-electron chi connectivity index (χ0n) is 21.8. The molecule has 1 aromatic heterocycles. The van der Waals surface area contributed by atoms with Crippen molar-refractivity contribution in [3.05, 3.63) is 36.0 Å². The van der Waals surface area contributed by atoms with Crippen molar-refractivity contribution in [3.8, 4) is 0 Å². The van der Waals surface area contributed by atoms with Gasteiger partial charge in [0, 0.05) is 29.3 Å². The summed E-state index contributed by atoms with van der Waals surface area (Å²) in [6, 6.07) is 3.56. The van der Waals surface area contributed by atoms with Crippen LogP contribution in [-0.4, -0.2) is 63.7 Å². The molecule has 6 unspecified atom stereocenters. The van der Waals surface area contributed by atoms with Gasteiger partial charge in [0.1, 0.15) is 18.1 Å². The molecule has 0 fully saturated rings. The molecule has 0 saturated carbocycles. The number of aromatic amines is 1. The molecule has 1 aromatic carbocycles. The fourth-order valence-electron chi connectivity index (χ4n) is 3.97. The van der Waals surface area contributed by atoms with Crippen molar-refractivity contribution < 1.29 is 24.3 Å². The minimum atomic E-state index is -1.14. The van der Waals surface area contributed by atoms with E-state index in [1.54, 1.807) is 20.0 Å². The van der Waals surface area contributed by atoms with Crippen molar-refractivity contribution in [2.45, 2.75) is 71.1 Å².